The van der Waals surface area contributed by atoms with Gasteiger partial charge in [0.25, 0.3) is 0 Å². The van der Waals surface area contributed by atoms with Gasteiger partial charge < -0.3 is 5.32 Å². The lowest BCUT2D eigenvalue weighted by molar-refractivity contribution is -0.117. The van der Waals surface area contributed by atoms with Gasteiger partial charge in [0.2, 0.25) is 5.91 Å². The number of carbonyl (C=O) groups is 1. The van der Waals surface area contributed by atoms with E-state index in [0.717, 1.165) is 13.1 Å². The zero-order chi connectivity index (χ0) is 8.69. The highest BCUT2D eigenvalue weighted by molar-refractivity contribution is 5.86. The monoisotopic (exact) mass is 156 g/mol. The Labute approximate surface area is 68.1 Å². The van der Waals surface area contributed by atoms with Crippen LogP contribution in [0.15, 0.2) is 12.7 Å². The molecule has 0 aliphatic rings. The van der Waals surface area contributed by atoms with Crippen molar-refractivity contribution < 1.29 is 4.79 Å². The Morgan fingerprint density at radius 3 is 2.45 bits per heavy atom. The van der Waals surface area contributed by atoms with Crippen molar-refractivity contribution in [1.82, 2.24) is 10.2 Å². The second kappa shape index (κ2) is 5.92. The van der Waals surface area contributed by atoms with Crippen molar-refractivity contribution in [2.45, 2.75) is 13.8 Å². The highest BCUT2D eigenvalue weighted by atomic mass is 16.1. The molecule has 11 heavy (non-hydrogen) atoms. The Morgan fingerprint density at radius 1 is 1.55 bits per heavy atom. The van der Waals surface area contributed by atoms with Crippen molar-refractivity contribution in [3.05, 3.63) is 12.7 Å². The Kier molecular flexibility index (Phi) is 5.47. The predicted octanol–water partition coefficient (Wildman–Crippen LogP) is 0.588. The smallest absolute Gasteiger partial charge is 0.244 e. The van der Waals surface area contributed by atoms with E-state index in [9.17, 15) is 4.79 Å². The Balaban J connectivity index is 3.49. The summed E-state index contributed by atoms with van der Waals surface area (Å²) in [5.74, 6) is -0.114. The van der Waals surface area contributed by atoms with E-state index in [1.807, 2.05) is 0 Å². The first kappa shape index (κ1) is 10.2. The first-order valence-corrected chi connectivity index (χ1v) is 3.87. The molecule has 0 saturated carbocycles. The molecular formula is C8H16N2O. The van der Waals surface area contributed by atoms with Crippen LogP contribution in [-0.2, 0) is 4.79 Å². The molecule has 0 spiro atoms. The molecule has 1 N–H and O–H groups in total. The average Bonchev–Trinajstić information content (AvgIpc) is 2.06. The molecule has 0 heterocycles. The van der Waals surface area contributed by atoms with Gasteiger partial charge in [-0.2, -0.15) is 0 Å². The molecule has 0 aliphatic carbocycles. The predicted molar refractivity (Wildman–Crippen MR) is 46.1 cm³/mol. The van der Waals surface area contributed by atoms with Crippen LogP contribution in [-0.4, -0.2) is 30.6 Å². The number of amides is 1. The Bertz CT molecular complexity index is 130. The molecule has 0 fully saturated rings. The summed E-state index contributed by atoms with van der Waals surface area (Å²) in [5.41, 5.74) is 0. The third kappa shape index (κ3) is 4.56. The summed E-state index contributed by atoms with van der Waals surface area (Å²) in [6.45, 7) is 9.99. The second-order valence-corrected chi connectivity index (χ2v) is 2.21. The molecule has 0 aromatic heterocycles. The third-order valence-electron chi connectivity index (χ3n) is 1.56. The van der Waals surface area contributed by atoms with E-state index in [-0.39, 0.29) is 5.91 Å². The van der Waals surface area contributed by atoms with Crippen LogP contribution in [0.5, 0.6) is 0 Å². The van der Waals surface area contributed by atoms with Crippen LogP contribution in [0.4, 0.5) is 0 Å². The van der Waals surface area contributed by atoms with E-state index in [4.69, 9.17) is 0 Å². The topological polar surface area (TPSA) is 32.3 Å². The molecule has 3 heteroatoms. The Morgan fingerprint density at radius 2 is 2.09 bits per heavy atom. The van der Waals surface area contributed by atoms with Crippen molar-refractivity contribution in [2.24, 2.45) is 0 Å². The highest BCUT2D eigenvalue weighted by Crippen LogP contribution is 1.82. The number of nitrogens with one attached hydrogen (secondary N) is 1. The summed E-state index contributed by atoms with van der Waals surface area (Å²) < 4.78 is 0. The van der Waals surface area contributed by atoms with E-state index in [2.05, 4.69) is 30.6 Å². The fourth-order valence-corrected chi connectivity index (χ4v) is 0.709. The van der Waals surface area contributed by atoms with Gasteiger partial charge in [-0.15, -0.1) is 0 Å². The summed E-state index contributed by atoms with van der Waals surface area (Å²) in [5, 5.41) is 2.70. The molecule has 0 aromatic carbocycles. The maximum Gasteiger partial charge on any atom is 0.244 e. The number of nitrogens with zero attached hydrogens (tertiary/aromatic N) is 1. The summed E-state index contributed by atoms with van der Waals surface area (Å²) in [4.78, 5) is 12.8. The summed E-state index contributed by atoms with van der Waals surface area (Å²) in [6.07, 6.45) is 1.28. The minimum Gasteiger partial charge on any atom is -0.340 e. The van der Waals surface area contributed by atoms with E-state index in [0.29, 0.717) is 6.67 Å². The lowest BCUT2D eigenvalue weighted by atomic mass is 10.5. The van der Waals surface area contributed by atoms with Crippen LogP contribution in [0.2, 0.25) is 0 Å². The molecule has 0 aromatic rings. The standard InChI is InChI=1S/C8H16N2O/c1-4-8(11)9-7-10(5-2)6-3/h4H,1,5-7H2,2-3H3,(H,9,11). The maximum absolute atomic E-state index is 10.7. The number of hydrogen-bond acceptors (Lipinski definition) is 2. The van der Waals surface area contributed by atoms with Crippen LogP contribution in [0.3, 0.4) is 0 Å². The lowest BCUT2D eigenvalue weighted by Crippen LogP contribution is -2.36. The minimum atomic E-state index is -0.114. The summed E-state index contributed by atoms with van der Waals surface area (Å²) >= 11 is 0. The molecule has 0 aliphatic heterocycles. The van der Waals surface area contributed by atoms with Crippen LogP contribution in [0.25, 0.3) is 0 Å². The van der Waals surface area contributed by atoms with E-state index in [1.54, 1.807) is 0 Å². The van der Waals surface area contributed by atoms with Crippen LogP contribution >= 0.6 is 0 Å². The van der Waals surface area contributed by atoms with Gasteiger partial charge in [0.1, 0.15) is 0 Å². The SMILES string of the molecule is C=CC(=O)NCN(CC)CC. The van der Waals surface area contributed by atoms with Gasteiger partial charge in [0.05, 0.1) is 6.67 Å². The third-order valence-corrected chi connectivity index (χ3v) is 1.56. The van der Waals surface area contributed by atoms with Crippen LogP contribution < -0.4 is 5.32 Å². The fourth-order valence-electron chi connectivity index (χ4n) is 0.709. The second-order valence-electron chi connectivity index (χ2n) is 2.21. The molecular weight excluding hydrogens is 140 g/mol. The van der Waals surface area contributed by atoms with E-state index < -0.39 is 0 Å². The molecule has 0 rings (SSSR count). The first-order valence-electron chi connectivity index (χ1n) is 3.87. The zero-order valence-corrected chi connectivity index (χ0v) is 7.26. The van der Waals surface area contributed by atoms with Gasteiger partial charge in [-0.25, -0.2) is 0 Å². The van der Waals surface area contributed by atoms with Crippen LogP contribution in [0, 0.1) is 0 Å². The van der Waals surface area contributed by atoms with Gasteiger partial charge in [0.15, 0.2) is 0 Å². The van der Waals surface area contributed by atoms with Crippen molar-refractivity contribution in [1.29, 1.82) is 0 Å². The van der Waals surface area contributed by atoms with Crippen LogP contribution in [0.1, 0.15) is 13.8 Å². The van der Waals surface area contributed by atoms with Gasteiger partial charge >= 0.3 is 0 Å². The van der Waals surface area contributed by atoms with Gasteiger partial charge in [0, 0.05) is 0 Å². The molecule has 1 amide bonds. The summed E-state index contributed by atoms with van der Waals surface area (Å²) in [6, 6.07) is 0. The van der Waals surface area contributed by atoms with E-state index in [1.165, 1.54) is 6.08 Å². The molecule has 0 saturated heterocycles. The number of carbonyl (C=O) groups excluding carboxylic acids is 1. The van der Waals surface area contributed by atoms with Gasteiger partial charge in [-0.3, -0.25) is 9.69 Å². The fraction of sp³-hybridized carbons (Fsp3) is 0.625. The van der Waals surface area contributed by atoms with Gasteiger partial charge in [-0.1, -0.05) is 20.4 Å². The van der Waals surface area contributed by atoms with Crippen molar-refractivity contribution in [3.63, 3.8) is 0 Å². The molecule has 64 valence electrons. The van der Waals surface area contributed by atoms with Crippen molar-refractivity contribution >= 4 is 5.91 Å². The minimum absolute atomic E-state index is 0.114. The molecule has 0 radical (unpaired) electrons. The zero-order valence-electron chi connectivity index (χ0n) is 7.26. The first-order chi connectivity index (χ1) is 5.24. The normalized spacial score (nSPS) is 9.73. The van der Waals surface area contributed by atoms with E-state index >= 15 is 0 Å². The lowest BCUT2D eigenvalue weighted by Gasteiger charge is -2.17. The van der Waals surface area contributed by atoms with Crippen molar-refractivity contribution in [3.8, 4) is 0 Å². The van der Waals surface area contributed by atoms with Crippen molar-refractivity contribution in [2.75, 3.05) is 19.8 Å². The highest BCUT2D eigenvalue weighted by Gasteiger charge is 1.98. The molecule has 0 unspecified atom stereocenters. The quantitative estimate of drug-likeness (QED) is 0.466. The molecule has 0 bridgehead atoms. The average molecular weight is 156 g/mol. The Hall–Kier alpha value is -0.830. The largest absolute Gasteiger partial charge is 0.340 e. The molecule has 3 nitrogen and oxygen atoms in total. The number of rotatable bonds is 5. The number of hydrogen-bond donors (Lipinski definition) is 1. The maximum atomic E-state index is 10.7. The molecule has 0 atom stereocenters. The summed E-state index contributed by atoms with van der Waals surface area (Å²) in [7, 11) is 0. The van der Waals surface area contributed by atoms with Gasteiger partial charge in [-0.05, 0) is 19.2 Å².